The summed E-state index contributed by atoms with van der Waals surface area (Å²) in [5, 5.41) is 1.03. The predicted octanol–water partition coefficient (Wildman–Crippen LogP) is 6.13. The molecule has 0 spiro atoms. The van der Waals surface area contributed by atoms with E-state index in [0.717, 1.165) is 29.6 Å². The monoisotopic (exact) mass is 413 g/mol. The molecule has 30 heavy (non-hydrogen) atoms. The van der Waals surface area contributed by atoms with E-state index in [0.29, 0.717) is 31.1 Å². The van der Waals surface area contributed by atoms with Crippen molar-refractivity contribution < 1.29 is 14.0 Å². The predicted molar refractivity (Wildman–Crippen MR) is 123 cm³/mol. The summed E-state index contributed by atoms with van der Waals surface area (Å²) in [6.07, 6.45) is 3.04. The van der Waals surface area contributed by atoms with Crippen molar-refractivity contribution in [1.82, 2.24) is 4.90 Å². The van der Waals surface area contributed by atoms with Crippen LogP contribution in [-0.4, -0.2) is 29.7 Å². The molecule has 0 bridgehead atoms. The van der Waals surface area contributed by atoms with Crippen molar-refractivity contribution in [2.75, 3.05) is 13.1 Å². The largest absolute Gasteiger partial charge is 0.464 e. The van der Waals surface area contributed by atoms with Crippen LogP contribution in [0.5, 0.6) is 0 Å². The van der Waals surface area contributed by atoms with Crippen molar-refractivity contribution in [3.63, 3.8) is 0 Å². The van der Waals surface area contributed by atoms with Crippen LogP contribution in [0.3, 0.4) is 0 Å². The van der Waals surface area contributed by atoms with Gasteiger partial charge in [0.1, 0.15) is 11.4 Å². The Balaban J connectivity index is 2.27. The summed E-state index contributed by atoms with van der Waals surface area (Å²) in [7, 11) is 0. The molecule has 0 radical (unpaired) electrons. The molecule has 0 saturated heterocycles. The fraction of sp³-hybridized carbons (Fsp3) is 0.615. The van der Waals surface area contributed by atoms with Gasteiger partial charge in [-0.2, -0.15) is 0 Å². The Bertz CT molecular complexity index is 831. The number of benzene rings is 1. The van der Waals surface area contributed by atoms with Crippen LogP contribution in [-0.2, 0) is 16.0 Å². The second kappa shape index (κ2) is 10.3. The van der Waals surface area contributed by atoms with Crippen molar-refractivity contribution in [2.45, 2.75) is 67.7 Å². The molecule has 1 unspecified atom stereocenters. The lowest BCUT2D eigenvalue weighted by Gasteiger charge is -2.30. The molecule has 1 aromatic carbocycles. The van der Waals surface area contributed by atoms with Crippen LogP contribution in [0.4, 0.5) is 0 Å². The van der Waals surface area contributed by atoms with E-state index in [4.69, 9.17) is 4.42 Å². The van der Waals surface area contributed by atoms with Gasteiger partial charge in [-0.15, -0.1) is 0 Å². The molecule has 0 saturated carbocycles. The van der Waals surface area contributed by atoms with Crippen LogP contribution < -0.4 is 0 Å². The number of carbonyl (C=O) groups is 2. The molecule has 1 aromatic heterocycles. The van der Waals surface area contributed by atoms with Gasteiger partial charge in [0.25, 0.3) is 0 Å². The van der Waals surface area contributed by atoms with Crippen molar-refractivity contribution in [1.29, 1.82) is 0 Å². The summed E-state index contributed by atoms with van der Waals surface area (Å²) in [5.74, 6) is 0.717. The van der Waals surface area contributed by atoms with Crippen LogP contribution in [0.25, 0.3) is 11.0 Å². The first-order valence-corrected chi connectivity index (χ1v) is 11.2. The van der Waals surface area contributed by atoms with E-state index in [9.17, 15) is 9.59 Å². The minimum Gasteiger partial charge on any atom is -0.464 e. The third kappa shape index (κ3) is 7.62. The first-order chi connectivity index (χ1) is 13.9. The number of rotatable bonds is 10. The Morgan fingerprint density at radius 2 is 1.63 bits per heavy atom. The summed E-state index contributed by atoms with van der Waals surface area (Å²) < 4.78 is 5.44. The highest BCUT2D eigenvalue weighted by Gasteiger charge is 2.29. The van der Waals surface area contributed by atoms with Gasteiger partial charge in [0.15, 0.2) is 0 Å². The van der Waals surface area contributed by atoms with Crippen LogP contribution in [0.15, 0.2) is 34.9 Å². The molecule has 0 N–H and O–H groups in total. The lowest BCUT2D eigenvalue weighted by molar-refractivity contribution is -0.139. The molecular weight excluding hydrogens is 374 g/mol. The minimum absolute atomic E-state index is 0.0735. The Kier molecular flexibility index (Phi) is 8.28. The SMILES string of the molecule is CC(C)CN(CC(C)C)C(=O)C(CC(=O)CC(C)(C)C)Cc1ccc2occc2c1. The Hall–Kier alpha value is -2.10. The number of amides is 1. The highest BCUT2D eigenvalue weighted by atomic mass is 16.3. The normalized spacial score (nSPS) is 13.2. The Morgan fingerprint density at radius 3 is 2.20 bits per heavy atom. The molecule has 0 aliphatic rings. The van der Waals surface area contributed by atoms with E-state index < -0.39 is 0 Å². The maximum Gasteiger partial charge on any atom is 0.226 e. The minimum atomic E-state index is -0.332. The third-order valence-electron chi connectivity index (χ3n) is 5.03. The molecule has 1 heterocycles. The first-order valence-electron chi connectivity index (χ1n) is 11.2. The third-order valence-corrected chi connectivity index (χ3v) is 5.03. The van der Waals surface area contributed by atoms with Gasteiger partial charge >= 0.3 is 0 Å². The lowest BCUT2D eigenvalue weighted by Crippen LogP contribution is -2.42. The zero-order chi connectivity index (χ0) is 22.5. The van der Waals surface area contributed by atoms with Crippen molar-refractivity contribution in [3.05, 3.63) is 36.1 Å². The van der Waals surface area contributed by atoms with Gasteiger partial charge in [0, 0.05) is 37.2 Å². The molecule has 0 aliphatic heterocycles. The average molecular weight is 414 g/mol. The van der Waals surface area contributed by atoms with E-state index in [1.54, 1.807) is 6.26 Å². The highest BCUT2D eigenvalue weighted by Crippen LogP contribution is 2.25. The van der Waals surface area contributed by atoms with Crippen LogP contribution >= 0.6 is 0 Å². The summed E-state index contributed by atoms with van der Waals surface area (Å²) in [5.41, 5.74) is 1.84. The van der Waals surface area contributed by atoms with Crippen molar-refractivity contribution in [3.8, 4) is 0 Å². The molecule has 1 amide bonds. The number of furan rings is 1. The molecular formula is C26H39NO3. The lowest BCUT2D eigenvalue weighted by atomic mass is 9.85. The van der Waals surface area contributed by atoms with E-state index >= 15 is 0 Å². The molecule has 0 aliphatic carbocycles. The summed E-state index contributed by atoms with van der Waals surface area (Å²) in [4.78, 5) is 28.4. The smallest absolute Gasteiger partial charge is 0.226 e. The first kappa shape index (κ1) is 24.2. The number of Topliss-reactive ketones (excluding diaryl/α,β-unsaturated/α-hetero) is 1. The van der Waals surface area contributed by atoms with Gasteiger partial charge in [-0.1, -0.05) is 54.5 Å². The van der Waals surface area contributed by atoms with Crippen LogP contribution in [0, 0.1) is 23.2 Å². The van der Waals surface area contributed by atoms with E-state index in [-0.39, 0.29) is 23.0 Å². The summed E-state index contributed by atoms with van der Waals surface area (Å²) in [6.45, 7) is 16.2. The highest BCUT2D eigenvalue weighted by molar-refractivity contribution is 5.87. The van der Waals surface area contributed by atoms with Crippen LogP contribution in [0.1, 0.15) is 66.9 Å². The van der Waals surface area contributed by atoms with Gasteiger partial charge in [0.2, 0.25) is 5.91 Å². The van der Waals surface area contributed by atoms with Crippen LogP contribution in [0.2, 0.25) is 0 Å². The molecule has 2 rings (SSSR count). The van der Waals surface area contributed by atoms with Gasteiger partial charge < -0.3 is 9.32 Å². The molecule has 1 atom stereocenters. The molecule has 4 heteroatoms. The fourth-order valence-corrected chi connectivity index (χ4v) is 4.01. The molecule has 4 nitrogen and oxygen atoms in total. The number of carbonyl (C=O) groups excluding carboxylic acids is 2. The van der Waals surface area contributed by atoms with Gasteiger partial charge in [-0.3, -0.25) is 9.59 Å². The number of nitrogens with zero attached hydrogens (tertiary/aromatic N) is 1. The Labute approximate surface area is 182 Å². The van der Waals surface area contributed by atoms with Gasteiger partial charge in [-0.05, 0) is 47.4 Å². The summed E-state index contributed by atoms with van der Waals surface area (Å²) in [6, 6.07) is 7.96. The molecule has 166 valence electrons. The maximum atomic E-state index is 13.6. The molecule has 2 aromatic rings. The zero-order valence-corrected chi connectivity index (χ0v) is 19.8. The van der Waals surface area contributed by atoms with E-state index in [1.807, 2.05) is 23.1 Å². The topological polar surface area (TPSA) is 50.5 Å². The number of hydrogen-bond donors (Lipinski definition) is 0. The number of fused-ring (bicyclic) bond motifs is 1. The Morgan fingerprint density at radius 1 is 1.00 bits per heavy atom. The fourth-order valence-electron chi connectivity index (χ4n) is 4.01. The van der Waals surface area contributed by atoms with Crippen molar-refractivity contribution >= 4 is 22.7 Å². The molecule has 0 fully saturated rings. The summed E-state index contributed by atoms with van der Waals surface area (Å²) >= 11 is 0. The van der Waals surface area contributed by atoms with E-state index in [1.165, 1.54) is 0 Å². The van der Waals surface area contributed by atoms with E-state index in [2.05, 4.69) is 54.5 Å². The average Bonchev–Trinajstić information content (AvgIpc) is 3.05. The second-order valence-electron chi connectivity index (χ2n) is 10.7. The van der Waals surface area contributed by atoms with Gasteiger partial charge in [-0.25, -0.2) is 0 Å². The standard InChI is InChI=1S/C26H39NO3/c1-18(2)16-27(17-19(3)4)25(29)22(14-23(28)15-26(5,6)7)13-20-8-9-24-21(12-20)10-11-30-24/h8-12,18-19,22H,13-17H2,1-7H3. The zero-order valence-electron chi connectivity index (χ0n) is 19.8. The quantitative estimate of drug-likeness (QED) is 0.471. The van der Waals surface area contributed by atoms with Gasteiger partial charge in [0.05, 0.1) is 6.26 Å². The maximum absolute atomic E-state index is 13.6. The van der Waals surface area contributed by atoms with Crippen molar-refractivity contribution in [2.24, 2.45) is 23.2 Å². The second-order valence-corrected chi connectivity index (χ2v) is 10.7. The number of hydrogen-bond acceptors (Lipinski definition) is 3. The number of ketones is 1.